The van der Waals surface area contributed by atoms with Crippen molar-refractivity contribution in [3.63, 3.8) is 0 Å². The fourth-order valence-corrected chi connectivity index (χ4v) is 4.10. The summed E-state index contributed by atoms with van der Waals surface area (Å²) in [5.41, 5.74) is 1.20. The van der Waals surface area contributed by atoms with Gasteiger partial charge in [-0.2, -0.15) is 0 Å². The zero-order valence-electron chi connectivity index (χ0n) is 12.5. The van der Waals surface area contributed by atoms with Crippen LogP contribution >= 0.6 is 11.3 Å². The first kappa shape index (κ1) is 14.3. The van der Waals surface area contributed by atoms with Gasteiger partial charge < -0.3 is 10.2 Å². The van der Waals surface area contributed by atoms with Crippen LogP contribution in [-0.2, 0) is 6.54 Å². The number of hydrogen-bond donors (Lipinski definition) is 1. The predicted octanol–water partition coefficient (Wildman–Crippen LogP) is 2.32. The molecule has 1 aromatic rings. The highest BCUT2D eigenvalue weighted by Gasteiger charge is 2.30. The van der Waals surface area contributed by atoms with Gasteiger partial charge in [0.05, 0.1) is 5.69 Å². The fourth-order valence-electron chi connectivity index (χ4n) is 3.24. The van der Waals surface area contributed by atoms with Gasteiger partial charge in [-0.25, -0.2) is 4.98 Å². The molecule has 0 aliphatic carbocycles. The van der Waals surface area contributed by atoms with Crippen molar-refractivity contribution >= 4 is 16.5 Å². The number of rotatable bonds is 6. The predicted molar refractivity (Wildman–Crippen MR) is 85.5 cm³/mol. The van der Waals surface area contributed by atoms with Crippen LogP contribution in [0.25, 0.3) is 0 Å². The maximum Gasteiger partial charge on any atom is 0.185 e. The van der Waals surface area contributed by atoms with Gasteiger partial charge in [-0.15, -0.1) is 11.3 Å². The molecule has 1 atom stereocenters. The Morgan fingerprint density at radius 2 is 2.20 bits per heavy atom. The topological polar surface area (TPSA) is 31.4 Å². The lowest BCUT2D eigenvalue weighted by molar-refractivity contribution is 0.260. The largest absolute Gasteiger partial charge is 0.346 e. The molecule has 4 nitrogen and oxygen atoms in total. The zero-order chi connectivity index (χ0) is 13.8. The van der Waals surface area contributed by atoms with E-state index in [1.807, 2.05) is 0 Å². The molecule has 2 aliphatic rings. The van der Waals surface area contributed by atoms with E-state index in [0.29, 0.717) is 0 Å². The third kappa shape index (κ3) is 3.32. The molecule has 0 spiro atoms. The normalized spacial score (nSPS) is 23.9. The summed E-state index contributed by atoms with van der Waals surface area (Å²) in [4.78, 5) is 9.95. The molecule has 0 saturated carbocycles. The van der Waals surface area contributed by atoms with E-state index in [1.165, 1.54) is 62.7 Å². The van der Waals surface area contributed by atoms with Gasteiger partial charge >= 0.3 is 0 Å². The van der Waals surface area contributed by atoms with E-state index in [-0.39, 0.29) is 0 Å². The molecule has 2 aliphatic heterocycles. The molecule has 3 rings (SSSR count). The van der Waals surface area contributed by atoms with Gasteiger partial charge in [0.2, 0.25) is 0 Å². The third-order valence-corrected chi connectivity index (χ3v) is 5.31. The molecule has 3 heterocycles. The Morgan fingerprint density at radius 3 is 3.00 bits per heavy atom. The minimum atomic E-state index is 0.767. The average molecular weight is 294 g/mol. The summed E-state index contributed by atoms with van der Waals surface area (Å²) in [7, 11) is 0. The number of thiazole rings is 1. The fraction of sp³-hybridized carbons (Fsp3) is 0.800. The van der Waals surface area contributed by atoms with Crippen molar-refractivity contribution < 1.29 is 0 Å². The molecule has 20 heavy (non-hydrogen) atoms. The van der Waals surface area contributed by atoms with E-state index >= 15 is 0 Å². The average Bonchev–Trinajstić information content (AvgIpc) is 3.19. The zero-order valence-corrected chi connectivity index (χ0v) is 13.3. The molecule has 1 N–H and O–H groups in total. The number of anilines is 1. The van der Waals surface area contributed by atoms with Crippen molar-refractivity contribution in [3.05, 3.63) is 11.1 Å². The summed E-state index contributed by atoms with van der Waals surface area (Å²) in [5.74, 6) is 0. The second kappa shape index (κ2) is 6.87. The van der Waals surface area contributed by atoms with Crippen molar-refractivity contribution in [3.8, 4) is 0 Å². The molecule has 0 bridgehead atoms. The van der Waals surface area contributed by atoms with Gasteiger partial charge in [0.25, 0.3) is 0 Å². The molecule has 2 fully saturated rings. The minimum absolute atomic E-state index is 0.767. The molecule has 1 unspecified atom stereocenters. The second-order valence-electron chi connectivity index (χ2n) is 5.93. The molecule has 1 aromatic heterocycles. The number of aromatic nitrogens is 1. The van der Waals surface area contributed by atoms with E-state index in [4.69, 9.17) is 4.98 Å². The summed E-state index contributed by atoms with van der Waals surface area (Å²) in [5, 5.41) is 6.86. The lowest BCUT2D eigenvalue weighted by atomic mass is 10.2. The maximum atomic E-state index is 4.79. The summed E-state index contributed by atoms with van der Waals surface area (Å²) in [6.07, 6.45) is 5.27. The van der Waals surface area contributed by atoms with Crippen molar-refractivity contribution in [2.24, 2.45) is 0 Å². The van der Waals surface area contributed by atoms with Crippen molar-refractivity contribution in [1.82, 2.24) is 15.2 Å². The monoisotopic (exact) mass is 294 g/mol. The summed E-state index contributed by atoms with van der Waals surface area (Å²) in [6, 6.07) is 0.767. The van der Waals surface area contributed by atoms with Crippen LogP contribution in [0.2, 0.25) is 0 Å². The molecule has 0 aromatic carbocycles. The Morgan fingerprint density at radius 1 is 1.35 bits per heavy atom. The molecule has 5 heteroatoms. The highest BCUT2D eigenvalue weighted by molar-refractivity contribution is 7.13. The van der Waals surface area contributed by atoms with Crippen molar-refractivity contribution in [1.29, 1.82) is 0 Å². The molecule has 0 radical (unpaired) electrons. The van der Waals surface area contributed by atoms with Crippen LogP contribution in [0.4, 0.5) is 5.13 Å². The van der Waals surface area contributed by atoms with Crippen LogP contribution in [0.5, 0.6) is 0 Å². The first-order chi connectivity index (χ1) is 9.86. The smallest absolute Gasteiger partial charge is 0.185 e. The van der Waals surface area contributed by atoms with E-state index in [9.17, 15) is 0 Å². The van der Waals surface area contributed by atoms with Gasteiger partial charge in [-0.1, -0.05) is 6.92 Å². The first-order valence-corrected chi connectivity index (χ1v) is 8.89. The first-order valence-electron chi connectivity index (χ1n) is 8.01. The van der Waals surface area contributed by atoms with Gasteiger partial charge in [0.15, 0.2) is 5.13 Å². The van der Waals surface area contributed by atoms with Crippen LogP contribution in [0.1, 0.15) is 38.3 Å². The highest BCUT2D eigenvalue weighted by atomic mass is 32.1. The van der Waals surface area contributed by atoms with Gasteiger partial charge in [0.1, 0.15) is 0 Å². The van der Waals surface area contributed by atoms with E-state index in [2.05, 4.69) is 27.4 Å². The number of likely N-dealkylation sites (tertiary alicyclic amines) is 1. The Balaban J connectivity index is 1.52. The molecule has 0 amide bonds. The number of hydrogen-bond acceptors (Lipinski definition) is 5. The summed E-state index contributed by atoms with van der Waals surface area (Å²) in [6.45, 7) is 9.15. The van der Waals surface area contributed by atoms with Crippen LogP contribution < -0.4 is 10.2 Å². The third-order valence-electron chi connectivity index (χ3n) is 4.36. The van der Waals surface area contributed by atoms with E-state index < -0.39 is 0 Å². The van der Waals surface area contributed by atoms with Crippen molar-refractivity contribution in [2.45, 2.75) is 45.2 Å². The SMILES string of the molecule is CCCNCc1csc(N2CCC(N3CCCC3)C2)n1. The van der Waals surface area contributed by atoms with E-state index in [0.717, 1.165) is 19.1 Å². The standard InChI is InChI=1S/C15H26N4S/c1-2-6-16-10-13-12-20-15(17-13)19-9-5-14(11-19)18-7-3-4-8-18/h12,14,16H,2-11H2,1H3. The van der Waals surface area contributed by atoms with Crippen LogP contribution in [0, 0.1) is 0 Å². The Bertz CT molecular complexity index is 414. The highest BCUT2D eigenvalue weighted by Crippen LogP contribution is 2.27. The number of nitrogens with one attached hydrogen (secondary N) is 1. The van der Waals surface area contributed by atoms with Crippen molar-refractivity contribution in [2.75, 3.05) is 37.6 Å². The Kier molecular flexibility index (Phi) is 4.91. The molecular weight excluding hydrogens is 268 g/mol. The van der Waals surface area contributed by atoms with Crippen LogP contribution in [0.3, 0.4) is 0 Å². The second-order valence-corrected chi connectivity index (χ2v) is 6.77. The number of nitrogens with zero attached hydrogens (tertiary/aromatic N) is 3. The molecular formula is C15H26N4S. The molecule has 2 saturated heterocycles. The van der Waals surface area contributed by atoms with Gasteiger partial charge in [-0.05, 0) is 45.3 Å². The maximum absolute atomic E-state index is 4.79. The minimum Gasteiger partial charge on any atom is -0.346 e. The molecule has 112 valence electrons. The Labute approximate surface area is 126 Å². The van der Waals surface area contributed by atoms with E-state index in [1.54, 1.807) is 11.3 Å². The Hall–Kier alpha value is -0.650. The lowest BCUT2D eigenvalue weighted by Crippen LogP contribution is -2.35. The van der Waals surface area contributed by atoms with Crippen LogP contribution in [0.15, 0.2) is 5.38 Å². The quantitative estimate of drug-likeness (QED) is 0.816. The van der Waals surface area contributed by atoms with Crippen LogP contribution in [-0.4, -0.2) is 48.6 Å². The summed E-state index contributed by atoms with van der Waals surface area (Å²) >= 11 is 1.81. The van der Waals surface area contributed by atoms with Gasteiger partial charge in [0, 0.05) is 31.1 Å². The lowest BCUT2D eigenvalue weighted by Gasteiger charge is -2.23. The summed E-state index contributed by atoms with van der Waals surface area (Å²) < 4.78 is 0. The van der Waals surface area contributed by atoms with Gasteiger partial charge in [-0.3, -0.25) is 4.90 Å².